The number of hydrogen-bond donors (Lipinski definition) is 0. The van der Waals surface area contributed by atoms with Crippen LogP contribution in [0, 0.1) is 0 Å². The molecule has 0 aliphatic carbocycles. The molecule has 5 heavy (non-hydrogen) atoms. The standard InChI is InChI=1S/5Ag. The van der Waals surface area contributed by atoms with Gasteiger partial charge in [-0.3, -0.25) is 0 Å². The van der Waals surface area contributed by atoms with Gasteiger partial charge in [-0.25, -0.2) is 0 Å². The van der Waals surface area contributed by atoms with E-state index in [1.54, 1.807) is 0 Å². The van der Waals surface area contributed by atoms with E-state index in [4.69, 9.17) is 0 Å². The third kappa shape index (κ3) is 18.3. The van der Waals surface area contributed by atoms with E-state index < -0.39 is 0 Å². The van der Waals surface area contributed by atoms with Crippen molar-refractivity contribution < 1.29 is 112 Å². The normalized spacial score (nSPS) is 0. The quantitative estimate of drug-likeness (QED) is 0.381. The predicted molar refractivity (Wildman–Crippen MR) is 0 cm³/mol. The summed E-state index contributed by atoms with van der Waals surface area (Å²) in [5, 5.41) is 0. The van der Waals surface area contributed by atoms with E-state index in [0.29, 0.717) is 0 Å². The van der Waals surface area contributed by atoms with Crippen molar-refractivity contribution in [2.45, 2.75) is 0 Å². The van der Waals surface area contributed by atoms with Crippen molar-refractivity contribution in [3.05, 3.63) is 0 Å². The Kier molecular flexibility index (Phi) is 190. The summed E-state index contributed by atoms with van der Waals surface area (Å²) >= 11 is 0. The molecule has 0 N–H and O–H groups in total. The fourth-order valence-corrected chi connectivity index (χ4v) is 0. The minimum absolute atomic E-state index is 0. The Morgan fingerprint density at radius 1 is 0.200 bits per heavy atom. The largest absolute Gasteiger partial charge is 0 e. The molecule has 0 saturated heterocycles. The van der Waals surface area contributed by atoms with Gasteiger partial charge in [0.1, 0.15) is 0 Å². The molecule has 0 atom stereocenters. The molecule has 0 aliphatic heterocycles. The van der Waals surface area contributed by atoms with Crippen LogP contribution >= 0.6 is 0 Å². The molecule has 0 amide bonds. The Hall–Kier alpha value is 3.70. The van der Waals surface area contributed by atoms with Gasteiger partial charge in [0.2, 0.25) is 0 Å². The topological polar surface area (TPSA) is 0 Å². The van der Waals surface area contributed by atoms with E-state index >= 15 is 0 Å². The molecular weight excluding hydrogens is 539 g/mol. The zero-order chi connectivity index (χ0) is 0. The molecule has 0 aliphatic rings. The van der Waals surface area contributed by atoms with Gasteiger partial charge in [0.25, 0.3) is 0 Å². The zero-order valence-electron chi connectivity index (χ0n) is 1.51. The summed E-state index contributed by atoms with van der Waals surface area (Å²) in [5.41, 5.74) is 0. The minimum Gasteiger partial charge on any atom is 0 e. The SMILES string of the molecule is [Ag].[Ag].[Ag].[Ag].[Ag]. The van der Waals surface area contributed by atoms with Crippen molar-refractivity contribution >= 4 is 0 Å². The molecule has 0 aromatic heterocycles. The maximum atomic E-state index is 0. The molecule has 0 saturated carbocycles. The monoisotopic (exact) mass is 535 g/mol. The maximum Gasteiger partial charge on any atom is 0 e. The summed E-state index contributed by atoms with van der Waals surface area (Å²) in [6.07, 6.45) is 0. The zero-order valence-corrected chi connectivity index (χ0v) is 8.92. The number of hydrogen-bond acceptors (Lipinski definition) is 0. The van der Waals surface area contributed by atoms with Gasteiger partial charge in [-0.15, -0.1) is 0 Å². The van der Waals surface area contributed by atoms with E-state index in [1.807, 2.05) is 0 Å². The molecule has 0 nitrogen and oxygen atoms in total. The van der Waals surface area contributed by atoms with Crippen molar-refractivity contribution in [2.75, 3.05) is 0 Å². The van der Waals surface area contributed by atoms with E-state index in [2.05, 4.69) is 0 Å². The fourth-order valence-electron chi connectivity index (χ4n) is 0. The Labute approximate surface area is 110 Å². The van der Waals surface area contributed by atoms with Crippen LogP contribution in [0.5, 0.6) is 0 Å². The Morgan fingerprint density at radius 3 is 0.200 bits per heavy atom. The predicted octanol–water partition coefficient (Wildman–Crippen LogP) is -0.0125. The van der Waals surface area contributed by atoms with Crippen LogP contribution in [0.3, 0.4) is 0 Å². The molecule has 0 fully saturated rings. The Morgan fingerprint density at radius 2 is 0.200 bits per heavy atom. The minimum atomic E-state index is 0. The summed E-state index contributed by atoms with van der Waals surface area (Å²) in [6, 6.07) is 0. The Bertz CT molecular complexity index is 0. The molecule has 55 valence electrons. The molecule has 0 aromatic rings. The molecular formula is Ag5. The van der Waals surface area contributed by atoms with Gasteiger partial charge >= 0.3 is 0 Å². The molecule has 0 bridgehead atoms. The summed E-state index contributed by atoms with van der Waals surface area (Å²) in [5.74, 6) is 0. The van der Waals surface area contributed by atoms with Gasteiger partial charge in [0.15, 0.2) is 0 Å². The van der Waals surface area contributed by atoms with Crippen molar-refractivity contribution in [3.8, 4) is 0 Å². The van der Waals surface area contributed by atoms with Crippen LogP contribution < -0.4 is 0 Å². The summed E-state index contributed by atoms with van der Waals surface area (Å²) in [4.78, 5) is 0. The van der Waals surface area contributed by atoms with Gasteiger partial charge in [-0.1, -0.05) is 0 Å². The first-order chi connectivity index (χ1) is 0. The van der Waals surface area contributed by atoms with Gasteiger partial charge in [0, 0.05) is 112 Å². The first-order valence-electron chi connectivity index (χ1n) is 0. The second-order valence-electron chi connectivity index (χ2n) is 0. The third-order valence-corrected chi connectivity index (χ3v) is 0. The third-order valence-electron chi connectivity index (χ3n) is 0. The molecule has 0 spiro atoms. The maximum absolute atomic E-state index is 0. The van der Waals surface area contributed by atoms with Crippen LogP contribution in [-0.4, -0.2) is 0 Å². The summed E-state index contributed by atoms with van der Waals surface area (Å²) < 4.78 is 0. The molecule has 0 rings (SSSR count). The van der Waals surface area contributed by atoms with E-state index in [9.17, 15) is 0 Å². The molecule has 5 radical (unpaired) electrons. The molecule has 0 aromatic carbocycles. The van der Waals surface area contributed by atoms with Crippen LogP contribution in [-0.2, 0) is 112 Å². The molecule has 0 unspecified atom stereocenters. The Balaban J connectivity index is 0. The van der Waals surface area contributed by atoms with Crippen molar-refractivity contribution in [1.82, 2.24) is 0 Å². The molecule has 0 heterocycles. The first kappa shape index (κ1) is 37.7. The van der Waals surface area contributed by atoms with Crippen molar-refractivity contribution in [2.24, 2.45) is 0 Å². The van der Waals surface area contributed by atoms with Gasteiger partial charge in [-0.2, -0.15) is 0 Å². The van der Waals surface area contributed by atoms with Crippen LogP contribution in [0.1, 0.15) is 0 Å². The second kappa shape index (κ2) is 25.2. The summed E-state index contributed by atoms with van der Waals surface area (Å²) in [6.45, 7) is 0. The van der Waals surface area contributed by atoms with Crippen LogP contribution in [0.2, 0.25) is 0 Å². The van der Waals surface area contributed by atoms with E-state index in [1.165, 1.54) is 0 Å². The first-order valence-corrected chi connectivity index (χ1v) is 0. The van der Waals surface area contributed by atoms with Crippen LogP contribution in [0.4, 0.5) is 0 Å². The van der Waals surface area contributed by atoms with E-state index in [0.717, 1.165) is 0 Å². The van der Waals surface area contributed by atoms with Crippen LogP contribution in [0.25, 0.3) is 0 Å². The van der Waals surface area contributed by atoms with Gasteiger partial charge in [0.05, 0.1) is 0 Å². The van der Waals surface area contributed by atoms with Crippen molar-refractivity contribution in [1.29, 1.82) is 0 Å². The molecule has 5 heteroatoms. The summed E-state index contributed by atoms with van der Waals surface area (Å²) in [7, 11) is 0. The fraction of sp³-hybridized carbons (Fsp3) is 0. The number of rotatable bonds is 0. The van der Waals surface area contributed by atoms with Crippen molar-refractivity contribution in [3.63, 3.8) is 0 Å². The average molecular weight is 539 g/mol. The van der Waals surface area contributed by atoms with E-state index in [-0.39, 0.29) is 112 Å². The average Bonchev–Trinajstić information content (AvgIpc) is 0. The smallest absolute Gasteiger partial charge is 0 e. The second-order valence-corrected chi connectivity index (χ2v) is 0. The van der Waals surface area contributed by atoms with Gasteiger partial charge < -0.3 is 0 Å². The van der Waals surface area contributed by atoms with Crippen LogP contribution in [0.15, 0.2) is 0 Å². The van der Waals surface area contributed by atoms with Gasteiger partial charge in [-0.05, 0) is 0 Å².